The van der Waals surface area contributed by atoms with E-state index < -0.39 is 0 Å². The lowest BCUT2D eigenvalue weighted by Crippen LogP contribution is -2.53. The lowest BCUT2D eigenvalue weighted by molar-refractivity contribution is -0.118. The number of nitrogens with two attached hydrogens (primary N) is 1. The fourth-order valence-corrected chi connectivity index (χ4v) is 3.21. The molecule has 2 N–H and O–H groups in total. The first kappa shape index (κ1) is 14.4. The van der Waals surface area contributed by atoms with Crippen molar-refractivity contribution in [3.63, 3.8) is 0 Å². The first-order chi connectivity index (χ1) is 8.91. The summed E-state index contributed by atoms with van der Waals surface area (Å²) in [5, 5.41) is 2.74. The number of hydrogen-bond acceptors (Lipinski definition) is 5. The zero-order chi connectivity index (χ0) is 14.0. The molecule has 1 aliphatic heterocycles. The van der Waals surface area contributed by atoms with Crippen molar-refractivity contribution in [2.24, 2.45) is 5.73 Å². The molecule has 0 spiro atoms. The molecular weight excluding hydrogens is 262 g/mol. The average Bonchev–Trinajstić information content (AvgIpc) is 2.74. The van der Waals surface area contributed by atoms with Gasteiger partial charge in [-0.3, -0.25) is 4.79 Å². The average molecular weight is 283 g/mol. The Kier molecular flexibility index (Phi) is 4.23. The van der Waals surface area contributed by atoms with Gasteiger partial charge >= 0.3 is 0 Å². The molecule has 1 aliphatic rings. The Morgan fingerprint density at radius 2 is 2.42 bits per heavy atom. The molecule has 1 saturated heterocycles. The number of rotatable bonds is 3. The first-order valence-corrected chi connectivity index (χ1v) is 7.41. The van der Waals surface area contributed by atoms with Crippen molar-refractivity contribution in [3.05, 3.63) is 16.1 Å². The third-order valence-corrected chi connectivity index (χ3v) is 3.89. The fraction of sp³-hybridized carbons (Fsp3) is 0.692. The number of morpholine rings is 1. The second kappa shape index (κ2) is 5.56. The third kappa shape index (κ3) is 3.52. The van der Waals surface area contributed by atoms with Crippen LogP contribution in [-0.2, 0) is 11.2 Å². The van der Waals surface area contributed by atoms with E-state index in [0.29, 0.717) is 25.3 Å². The van der Waals surface area contributed by atoms with Crippen LogP contribution in [0, 0.1) is 0 Å². The monoisotopic (exact) mass is 283 g/mol. The summed E-state index contributed by atoms with van der Waals surface area (Å²) < 4.78 is 5.81. The van der Waals surface area contributed by atoms with E-state index in [1.54, 1.807) is 0 Å². The summed E-state index contributed by atoms with van der Waals surface area (Å²) in [6.45, 7) is 7.77. The molecule has 1 atom stereocenters. The minimum absolute atomic E-state index is 0.0113. The Hall–Kier alpha value is -0.980. The van der Waals surface area contributed by atoms with Crippen molar-refractivity contribution in [3.8, 4) is 0 Å². The lowest BCUT2D eigenvalue weighted by atomic mass is 10.1. The minimum Gasteiger partial charge on any atom is -0.369 e. The Morgan fingerprint density at radius 3 is 3.05 bits per heavy atom. The molecule has 106 valence electrons. The van der Waals surface area contributed by atoms with Gasteiger partial charge in [0.1, 0.15) is 5.69 Å². The summed E-state index contributed by atoms with van der Waals surface area (Å²) >= 11 is 1.50. The van der Waals surface area contributed by atoms with E-state index in [0.717, 1.165) is 11.4 Å². The summed E-state index contributed by atoms with van der Waals surface area (Å²) in [4.78, 5) is 18.6. The Labute approximate surface area is 117 Å². The Bertz CT molecular complexity index is 458. The Morgan fingerprint density at radius 1 is 1.68 bits per heavy atom. The number of hydrogen-bond donors (Lipinski definition) is 1. The zero-order valence-corrected chi connectivity index (χ0v) is 12.5. The van der Waals surface area contributed by atoms with E-state index in [1.165, 1.54) is 11.3 Å². The number of nitrogens with zero attached hydrogens (tertiary/aromatic N) is 2. The maximum atomic E-state index is 12.4. The van der Waals surface area contributed by atoms with Gasteiger partial charge in [-0.05, 0) is 27.3 Å². The zero-order valence-electron chi connectivity index (χ0n) is 11.7. The highest BCUT2D eigenvalue weighted by Crippen LogP contribution is 2.22. The number of carbonyl (C=O) groups excluding carboxylic acids is 1. The van der Waals surface area contributed by atoms with Gasteiger partial charge in [-0.25, -0.2) is 4.98 Å². The van der Waals surface area contributed by atoms with Crippen LogP contribution in [0.1, 0.15) is 36.3 Å². The van der Waals surface area contributed by atoms with E-state index in [-0.39, 0.29) is 17.6 Å². The molecular formula is C13H21N3O2S. The van der Waals surface area contributed by atoms with Crippen LogP contribution in [0.25, 0.3) is 0 Å². The van der Waals surface area contributed by atoms with Crippen LogP contribution >= 0.6 is 11.3 Å². The van der Waals surface area contributed by atoms with E-state index in [9.17, 15) is 4.79 Å². The summed E-state index contributed by atoms with van der Waals surface area (Å²) in [6.07, 6.45) is 0.776. The number of aromatic nitrogens is 1. The van der Waals surface area contributed by atoms with E-state index in [2.05, 4.69) is 4.98 Å². The lowest BCUT2D eigenvalue weighted by Gasteiger charge is -2.41. The second-order valence-electron chi connectivity index (χ2n) is 5.54. The number of thiazole rings is 1. The van der Waals surface area contributed by atoms with Crippen LogP contribution in [-0.4, -0.2) is 47.1 Å². The number of carbonyl (C=O) groups is 1. The first-order valence-electron chi connectivity index (χ1n) is 6.53. The predicted octanol–water partition coefficient (Wildman–Crippen LogP) is 1.28. The van der Waals surface area contributed by atoms with Crippen molar-refractivity contribution in [1.29, 1.82) is 0 Å². The van der Waals surface area contributed by atoms with E-state index in [4.69, 9.17) is 10.5 Å². The van der Waals surface area contributed by atoms with Gasteiger partial charge in [0, 0.05) is 24.9 Å². The largest absolute Gasteiger partial charge is 0.369 e. The molecule has 6 heteroatoms. The van der Waals surface area contributed by atoms with Gasteiger partial charge in [-0.15, -0.1) is 11.3 Å². The van der Waals surface area contributed by atoms with Crippen LogP contribution in [0.2, 0.25) is 0 Å². The molecule has 2 heterocycles. The number of amides is 1. The third-order valence-electron chi connectivity index (χ3n) is 2.99. The molecule has 1 aromatic heterocycles. The quantitative estimate of drug-likeness (QED) is 0.907. The Balaban J connectivity index is 2.09. The second-order valence-corrected chi connectivity index (χ2v) is 6.48. The highest BCUT2D eigenvalue weighted by molar-refractivity contribution is 7.09. The van der Waals surface area contributed by atoms with Crippen molar-refractivity contribution in [2.45, 2.75) is 38.9 Å². The van der Waals surface area contributed by atoms with Gasteiger partial charge < -0.3 is 15.4 Å². The topological polar surface area (TPSA) is 68.5 Å². The van der Waals surface area contributed by atoms with Gasteiger partial charge in [0.25, 0.3) is 5.91 Å². The normalized spacial score (nSPS) is 22.5. The van der Waals surface area contributed by atoms with Gasteiger partial charge in [0.15, 0.2) is 0 Å². The minimum atomic E-state index is -0.302. The smallest absolute Gasteiger partial charge is 0.273 e. The molecule has 0 aromatic carbocycles. The highest BCUT2D eigenvalue weighted by atomic mass is 32.1. The fourth-order valence-electron chi connectivity index (χ4n) is 2.42. The van der Waals surface area contributed by atoms with Crippen molar-refractivity contribution in [2.75, 3.05) is 19.6 Å². The summed E-state index contributed by atoms with van der Waals surface area (Å²) in [5.41, 5.74) is 5.72. The van der Waals surface area contributed by atoms with Gasteiger partial charge in [-0.2, -0.15) is 0 Å². The van der Waals surface area contributed by atoms with E-state index >= 15 is 0 Å². The standard InChI is InChI=1S/C13H21N3O2S/c1-9-6-16(8-13(2,3)18-9)12(17)10-7-19-11(15-10)4-5-14/h7,9H,4-6,8,14H2,1-3H3/t9-/m1/s1. The summed E-state index contributed by atoms with van der Waals surface area (Å²) in [5.74, 6) is -0.0113. The maximum Gasteiger partial charge on any atom is 0.273 e. The molecule has 0 aliphatic carbocycles. The van der Waals surface area contributed by atoms with Crippen LogP contribution in [0.5, 0.6) is 0 Å². The van der Waals surface area contributed by atoms with Gasteiger partial charge in [0.05, 0.1) is 16.7 Å². The number of ether oxygens (including phenoxy) is 1. The van der Waals surface area contributed by atoms with Gasteiger partial charge in [-0.1, -0.05) is 0 Å². The maximum absolute atomic E-state index is 12.4. The highest BCUT2D eigenvalue weighted by Gasteiger charge is 2.34. The van der Waals surface area contributed by atoms with Crippen LogP contribution in [0.4, 0.5) is 0 Å². The molecule has 0 unspecified atom stereocenters. The summed E-state index contributed by atoms with van der Waals surface area (Å²) in [7, 11) is 0. The van der Waals surface area contributed by atoms with E-state index in [1.807, 2.05) is 31.1 Å². The van der Waals surface area contributed by atoms with Crippen molar-refractivity contribution >= 4 is 17.2 Å². The molecule has 1 aromatic rings. The molecule has 1 amide bonds. The molecule has 0 radical (unpaired) electrons. The van der Waals surface area contributed by atoms with Crippen molar-refractivity contribution in [1.82, 2.24) is 9.88 Å². The van der Waals surface area contributed by atoms with Crippen LogP contribution < -0.4 is 5.73 Å². The molecule has 19 heavy (non-hydrogen) atoms. The predicted molar refractivity (Wildman–Crippen MR) is 75.4 cm³/mol. The van der Waals surface area contributed by atoms with Crippen LogP contribution in [0.3, 0.4) is 0 Å². The molecule has 0 bridgehead atoms. The van der Waals surface area contributed by atoms with Crippen LogP contribution in [0.15, 0.2) is 5.38 Å². The molecule has 0 saturated carbocycles. The molecule has 2 rings (SSSR count). The SMILES string of the molecule is C[C@@H]1CN(C(=O)c2csc(CCN)n2)CC(C)(C)O1. The summed E-state index contributed by atoms with van der Waals surface area (Å²) in [6, 6.07) is 0. The van der Waals surface area contributed by atoms with Gasteiger partial charge in [0.2, 0.25) is 0 Å². The van der Waals surface area contributed by atoms with Crippen molar-refractivity contribution < 1.29 is 9.53 Å². The molecule has 5 nitrogen and oxygen atoms in total. The molecule has 1 fully saturated rings.